The fraction of sp³-hybridized carbons (Fsp3) is 0.0476. The Hall–Kier alpha value is -4.21. The van der Waals surface area contributed by atoms with Gasteiger partial charge in [-0.25, -0.2) is 0 Å². The number of ether oxygens (including phenoxy) is 1. The van der Waals surface area contributed by atoms with Crippen molar-refractivity contribution in [3.05, 3.63) is 137 Å². The molecule has 57 heavy (non-hydrogen) atoms. The van der Waals surface area contributed by atoms with Crippen molar-refractivity contribution in [3.63, 3.8) is 0 Å². The Morgan fingerprint density at radius 3 is 1.39 bits per heavy atom. The largest absolute Gasteiger partial charge is 0.488 e. The number of rotatable bonds is 6. The third kappa shape index (κ3) is 6.04. The average Bonchev–Trinajstić information content (AvgIpc) is 3.24. The fourth-order valence-electron chi connectivity index (χ4n) is 10.2. The molecule has 0 amide bonds. The van der Waals surface area contributed by atoms with Gasteiger partial charge in [0.05, 0.1) is 0 Å². The first-order valence-electron chi connectivity index (χ1n) is 20.6. The molecular formula is C42H45B13OS. The molecule has 0 N–H and O–H groups in total. The van der Waals surface area contributed by atoms with E-state index in [0.717, 1.165) is 5.75 Å². The Morgan fingerprint density at radius 1 is 0.421 bits per heavy atom. The molecule has 0 bridgehead atoms. The van der Waals surface area contributed by atoms with E-state index in [0.29, 0.717) is 0 Å². The number of hydrogen-bond donors (Lipinski definition) is 0. The molecule has 2 unspecified atom stereocenters. The van der Waals surface area contributed by atoms with Crippen molar-refractivity contribution in [2.24, 2.45) is 0 Å². The van der Waals surface area contributed by atoms with Crippen LogP contribution in [0.1, 0.15) is 0 Å². The SMILES string of the molecule is BC1=C(B)C2Oc3c(B)c(B)c(B)c(B)c3B(c3c(B)c(B)c(B)c(B)c3-c3cccc(S(c4ccccc4)(c4ccccc4)c4ccccc4)c3)C2C(B)=C1B. The van der Waals surface area contributed by atoms with Gasteiger partial charge in [-0.1, -0.05) is 99.5 Å². The Bertz CT molecular complexity index is 2550. The summed E-state index contributed by atoms with van der Waals surface area (Å²) >= 11 is 0. The highest BCUT2D eigenvalue weighted by Crippen LogP contribution is 2.73. The smallest absolute Gasteiger partial charge is 0.223 e. The zero-order chi connectivity index (χ0) is 40.5. The van der Waals surface area contributed by atoms with E-state index >= 15 is 0 Å². The first-order valence-corrected chi connectivity index (χ1v) is 22.3. The highest BCUT2D eigenvalue weighted by atomic mass is 32.3. The summed E-state index contributed by atoms with van der Waals surface area (Å²) in [5.41, 5.74) is 22.0. The minimum Gasteiger partial charge on any atom is -0.488 e. The van der Waals surface area contributed by atoms with Crippen LogP contribution in [0, 0.1) is 0 Å². The van der Waals surface area contributed by atoms with Crippen LogP contribution in [0.3, 0.4) is 0 Å². The van der Waals surface area contributed by atoms with Gasteiger partial charge in [0, 0.05) is 19.6 Å². The molecule has 0 saturated heterocycles. The molecule has 0 aromatic heterocycles. The first-order chi connectivity index (χ1) is 27.3. The lowest BCUT2D eigenvalue weighted by molar-refractivity contribution is 0.243. The summed E-state index contributed by atoms with van der Waals surface area (Å²) in [6.45, 7) is 0.112. The van der Waals surface area contributed by atoms with Gasteiger partial charge in [-0.3, -0.25) is 0 Å². The van der Waals surface area contributed by atoms with Crippen LogP contribution in [-0.4, -0.2) is 107 Å². The predicted octanol–water partition coefficient (Wildman–Crippen LogP) is -8.53. The highest BCUT2D eigenvalue weighted by Gasteiger charge is 2.48. The molecule has 0 spiro atoms. The third-order valence-corrected chi connectivity index (χ3v) is 18.3. The van der Waals surface area contributed by atoms with Crippen molar-refractivity contribution in [2.75, 3.05) is 0 Å². The second kappa shape index (κ2) is 15.2. The molecule has 2 atom stereocenters. The van der Waals surface area contributed by atoms with Crippen molar-refractivity contribution >= 4 is 166 Å². The van der Waals surface area contributed by atoms with E-state index in [4.69, 9.17) is 4.74 Å². The summed E-state index contributed by atoms with van der Waals surface area (Å²) in [7, 11) is 26.1. The lowest BCUT2D eigenvalue weighted by Gasteiger charge is -2.47. The normalized spacial score (nSPS) is 16.8. The van der Waals surface area contributed by atoms with Crippen molar-refractivity contribution in [2.45, 2.75) is 31.5 Å². The van der Waals surface area contributed by atoms with Gasteiger partial charge in [-0.2, -0.15) is 0 Å². The van der Waals surface area contributed by atoms with Crippen LogP contribution in [-0.2, 0) is 0 Å². The Morgan fingerprint density at radius 2 is 0.860 bits per heavy atom. The quantitative estimate of drug-likeness (QED) is 0.155. The van der Waals surface area contributed by atoms with Crippen LogP contribution < -0.4 is 59.4 Å². The summed E-state index contributed by atoms with van der Waals surface area (Å²) in [6.07, 6.45) is -0.0294. The molecule has 1 aliphatic carbocycles. The van der Waals surface area contributed by atoms with E-state index in [9.17, 15) is 0 Å². The van der Waals surface area contributed by atoms with Gasteiger partial charge in [0.2, 0.25) is 6.71 Å². The second-order valence-corrected chi connectivity index (χ2v) is 19.9. The zero-order valence-electron chi connectivity index (χ0n) is 36.0. The fourth-order valence-corrected chi connectivity index (χ4v) is 14.2. The lowest BCUT2D eigenvalue weighted by Crippen LogP contribution is -2.71. The van der Waals surface area contributed by atoms with E-state index in [2.05, 4.69) is 209 Å². The van der Waals surface area contributed by atoms with Gasteiger partial charge in [0.15, 0.2) is 0 Å². The van der Waals surface area contributed by atoms with Crippen molar-refractivity contribution in [1.82, 2.24) is 0 Å². The summed E-state index contributed by atoms with van der Waals surface area (Å²) in [5.74, 6) is 1.27. The maximum absolute atomic E-state index is 7.33. The maximum Gasteiger partial charge on any atom is 0.223 e. The van der Waals surface area contributed by atoms with E-state index < -0.39 is 10.0 Å². The number of hydrogen-bond acceptors (Lipinski definition) is 1. The van der Waals surface area contributed by atoms with E-state index in [1.165, 1.54) is 107 Å². The van der Waals surface area contributed by atoms with E-state index in [1.807, 2.05) is 0 Å². The van der Waals surface area contributed by atoms with Gasteiger partial charge >= 0.3 is 0 Å². The summed E-state index contributed by atoms with van der Waals surface area (Å²) in [5, 5.41) is 0. The van der Waals surface area contributed by atoms with Gasteiger partial charge < -0.3 is 4.74 Å². The summed E-state index contributed by atoms with van der Waals surface area (Å²) in [6, 6.07) is 43.3. The molecule has 15 heteroatoms. The summed E-state index contributed by atoms with van der Waals surface area (Å²) < 4.78 is 7.33. The van der Waals surface area contributed by atoms with Gasteiger partial charge in [-0.15, -0.1) is 48.3 Å². The Kier molecular flexibility index (Phi) is 10.6. The number of fused-ring (bicyclic) bond motifs is 2. The van der Waals surface area contributed by atoms with Gasteiger partial charge in [0.1, 0.15) is 106 Å². The molecule has 0 radical (unpaired) electrons. The van der Waals surface area contributed by atoms with Crippen LogP contribution in [0.4, 0.5) is 0 Å². The summed E-state index contributed by atoms with van der Waals surface area (Å²) in [4.78, 5) is 5.35. The van der Waals surface area contributed by atoms with Crippen LogP contribution in [0.15, 0.2) is 157 Å². The monoisotopic (exact) mass is 740 g/mol. The topological polar surface area (TPSA) is 9.23 Å². The van der Waals surface area contributed by atoms with E-state index in [-0.39, 0.29) is 18.6 Å². The van der Waals surface area contributed by atoms with Crippen molar-refractivity contribution in [3.8, 4) is 16.9 Å². The maximum atomic E-state index is 7.33. The number of allylic oxidation sites excluding steroid dienone is 2. The van der Waals surface area contributed by atoms with Crippen molar-refractivity contribution < 1.29 is 4.74 Å². The molecular weight excluding hydrogens is 693 g/mol. The molecule has 6 aromatic rings. The number of benzene rings is 6. The molecule has 6 aromatic carbocycles. The first kappa shape index (κ1) is 39.6. The molecule has 8 rings (SSSR count). The highest BCUT2D eigenvalue weighted by molar-refractivity contribution is 8.34. The van der Waals surface area contributed by atoms with Gasteiger partial charge in [0.25, 0.3) is 0 Å². The molecule has 264 valence electrons. The van der Waals surface area contributed by atoms with E-state index in [1.54, 1.807) is 0 Å². The standard InChI is InChI=1S/C42H45B13OS/c43-26-25(20-11-10-18-24(19-20)57(21-12-4-1-5-13-21,22-14-6-2-7-15-22)23-16-8-3-9-17-23)38(33(50)28(45)27(26)44)55-39-34(51)29(46)31(48)36(53)41(39)56-42-37(54)32(49)30(47)35(52)40(42)55/h1-19,39,41H,43-54H2. The minimum absolute atomic E-state index is 0.0294. The molecule has 1 nitrogen and oxygen atoms in total. The molecule has 2 aliphatic rings. The van der Waals surface area contributed by atoms with Crippen LogP contribution in [0.25, 0.3) is 11.1 Å². The predicted molar refractivity (Wildman–Crippen MR) is 285 cm³/mol. The molecule has 1 aliphatic heterocycles. The zero-order valence-corrected chi connectivity index (χ0v) is 36.8. The molecule has 0 fully saturated rings. The van der Waals surface area contributed by atoms with Crippen molar-refractivity contribution in [1.29, 1.82) is 0 Å². The molecule has 0 saturated carbocycles. The van der Waals surface area contributed by atoms with Crippen LogP contribution >= 0.6 is 10.0 Å². The van der Waals surface area contributed by atoms with Crippen LogP contribution in [0.2, 0.25) is 5.82 Å². The minimum atomic E-state index is -1.87. The third-order valence-electron chi connectivity index (χ3n) is 14.4. The van der Waals surface area contributed by atoms with Gasteiger partial charge in [-0.05, 0) is 70.9 Å². The Balaban J connectivity index is 1.49. The average molecular weight is 738 g/mol. The van der Waals surface area contributed by atoms with Crippen LogP contribution in [0.5, 0.6) is 5.75 Å². The second-order valence-electron chi connectivity index (χ2n) is 16.8. The Labute approximate surface area is 353 Å². The molecule has 1 heterocycles. The lowest BCUT2D eigenvalue weighted by atomic mass is 9.24.